The molecule has 0 spiro atoms. The van der Waals surface area contributed by atoms with Crippen LogP contribution in [0.15, 0.2) is 34.8 Å². The van der Waals surface area contributed by atoms with Crippen LogP contribution < -0.4 is 10.6 Å². The molecule has 0 aliphatic heterocycles. The lowest BCUT2D eigenvalue weighted by molar-refractivity contribution is 0.0972. The van der Waals surface area contributed by atoms with Crippen molar-refractivity contribution in [3.8, 4) is 0 Å². The van der Waals surface area contributed by atoms with Gasteiger partial charge in [-0.2, -0.15) is 0 Å². The minimum absolute atomic E-state index is 0.217. The first kappa shape index (κ1) is 14.6. The lowest BCUT2D eigenvalue weighted by atomic mass is 10.2. The number of nitrogen functional groups attached to an aromatic ring is 1. The third-order valence-electron chi connectivity index (χ3n) is 3.60. The molecule has 2 aromatic rings. The van der Waals surface area contributed by atoms with Gasteiger partial charge in [0.05, 0.1) is 15.6 Å². The van der Waals surface area contributed by atoms with E-state index in [1.165, 1.54) is 16.9 Å². The summed E-state index contributed by atoms with van der Waals surface area (Å²) in [5.74, 6) is 0.439. The highest BCUT2D eigenvalue weighted by atomic mass is 79.9. The summed E-state index contributed by atoms with van der Waals surface area (Å²) in [6, 6.07) is 10.1. The van der Waals surface area contributed by atoms with Gasteiger partial charge < -0.3 is 10.6 Å². The molecule has 110 valence electrons. The normalized spacial score (nSPS) is 14.2. The van der Waals surface area contributed by atoms with Crippen molar-refractivity contribution in [2.24, 2.45) is 5.92 Å². The van der Waals surface area contributed by atoms with Crippen molar-refractivity contribution in [3.05, 3.63) is 45.2 Å². The molecule has 1 aromatic heterocycles. The first-order valence-corrected chi connectivity index (χ1v) is 8.54. The van der Waals surface area contributed by atoms with Crippen LogP contribution in [0.4, 0.5) is 10.7 Å². The Bertz CT molecular complexity index is 679. The van der Waals surface area contributed by atoms with Gasteiger partial charge in [-0.3, -0.25) is 4.79 Å². The molecule has 2 N–H and O–H groups in total. The molecule has 1 aliphatic carbocycles. The molecule has 1 aliphatic rings. The molecule has 3 rings (SSSR count). The van der Waals surface area contributed by atoms with Gasteiger partial charge in [0.1, 0.15) is 0 Å². The molecule has 0 saturated heterocycles. The van der Waals surface area contributed by atoms with Crippen LogP contribution in [0.25, 0.3) is 0 Å². The van der Waals surface area contributed by atoms with Crippen molar-refractivity contribution < 1.29 is 4.79 Å². The quantitative estimate of drug-likeness (QED) is 0.803. The predicted octanol–water partition coefficient (Wildman–Crippen LogP) is 4.32. The fourth-order valence-electron chi connectivity index (χ4n) is 2.29. The Labute approximate surface area is 136 Å². The highest BCUT2D eigenvalue weighted by molar-refractivity contribution is 9.10. The zero-order valence-electron chi connectivity index (χ0n) is 11.8. The van der Waals surface area contributed by atoms with Crippen LogP contribution in [0.5, 0.6) is 0 Å². The molecule has 0 bridgehead atoms. The number of ketones is 1. The number of hydrogen-bond donors (Lipinski definition) is 1. The number of benzene rings is 1. The van der Waals surface area contributed by atoms with E-state index in [1.54, 1.807) is 0 Å². The molecule has 1 heterocycles. The molecule has 1 aromatic carbocycles. The van der Waals surface area contributed by atoms with E-state index in [1.807, 2.05) is 25.2 Å². The second-order valence-corrected chi connectivity index (χ2v) is 7.44. The number of nitrogens with zero attached hydrogens (tertiary/aromatic N) is 1. The van der Waals surface area contributed by atoms with Gasteiger partial charge >= 0.3 is 0 Å². The van der Waals surface area contributed by atoms with Crippen LogP contribution in [0, 0.1) is 5.92 Å². The van der Waals surface area contributed by atoms with E-state index in [9.17, 15) is 4.79 Å². The minimum Gasteiger partial charge on any atom is -0.397 e. The molecule has 0 radical (unpaired) electrons. The van der Waals surface area contributed by atoms with Crippen LogP contribution in [0.2, 0.25) is 0 Å². The van der Waals surface area contributed by atoms with Gasteiger partial charge in [-0.1, -0.05) is 28.1 Å². The molecule has 21 heavy (non-hydrogen) atoms. The highest BCUT2D eigenvalue weighted by Crippen LogP contribution is 2.39. The maximum Gasteiger partial charge on any atom is 0.178 e. The van der Waals surface area contributed by atoms with Crippen molar-refractivity contribution in [1.82, 2.24) is 0 Å². The Morgan fingerprint density at radius 2 is 2.19 bits per heavy atom. The van der Waals surface area contributed by atoms with Gasteiger partial charge in [-0.15, -0.1) is 11.3 Å². The summed E-state index contributed by atoms with van der Waals surface area (Å²) < 4.78 is 1.07. The fraction of sp³-hybridized carbons (Fsp3) is 0.312. The molecule has 0 unspecified atom stereocenters. The number of Topliss-reactive ketones (excluding diaryl/α,β-unsaturated/α-hetero) is 1. The lowest BCUT2D eigenvalue weighted by Crippen LogP contribution is -2.14. The molecule has 0 atom stereocenters. The second-order valence-electron chi connectivity index (χ2n) is 5.49. The largest absolute Gasteiger partial charge is 0.397 e. The van der Waals surface area contributed by atoms with Crippen LogP contribution in [0.1, 0.15) is 28.1 Å². The number of thiophene rings is 1. The van der Waals surface area contributed by atoms with E-state index < -0.39 is 0 Å². The van der Waals surface area contributed by atoms with Crippen molar-refractivity contribution in [3.63, 3.8) is 0 Å². The number of rotatable bonds is 5. The van der Waals surface area contributed by atoms with Crippen LogP contribution in [0.3, 0.4) is 0 Å². The SMILES string of the molecule is CN(Cc1cccc(Br)c1)c1cc(N)c(C(=O)C2CC2)s1. The van der Waals surface area contributed by atoms with E-state index in [0.717, 1.165) is 33.7 Å². The van der Waals surface area contributed by atoms with E-state index in [4.69, 9.17) is 5.73 Å². The van der Waals surface area contributed by atoms with E-state index in [-0.39, 0.29) is 11.7 Å². The first-order valence-electron chi connectivity index (χ1n) is 6.93. The summed E-state index contributed by atoms with van der Waals surface area (Å²) in [4.78, 5) is 15.0. The van der Waals surface area contributed by atoms with Gasteiger partial charge in [0.15, 0.2) is 5.78 Å². The smallest absolute Gasteiger partial charge is 0.178 e. The predicted molar refractivity (Wildman–Crippen MR) is 92.0 cm³/mol. The molecule has 5 heteroatoms. The topological polar surface area (TPSA) is 46.3 Å². The summed E-state index contributed by atoms with van der Waals surface area (Å²) in [5, 5.41) is 1.04. The van der Waals surface area contributed by atoms with Crippen LogP contribution in [-0.4, -0.2) is 12.8 Å². The van der Waals surface area contributed by atoms with Crippen molar-refractivity contribution in [1.29, 1.82) is 0 Å². The van der Waals surface area contributed by atoms with Crippen molar-refractivity contribution in [2.45, 2.75) is 19.4 Å². The summed E-state index contributed by atoms with van der Waals surface area (Å²) in [6.45, 7) is 0.788. The summed E-state index contributed by atoms with van der Waals surface area (Å²) in [7, 11) is 2.03. The summed E-state index contributed by atoms with van der Waals surface area (Å²) in [6.07, 6.45) is 2.03. The van der Waals surface area contributed by atoms with Gasteiger partial charge in [-0.05, 0) is 36.6 Å². The standard InChI is InChI=1S/C16H17BrN2OS/c1-19(9-10-3-2-4-12(17)7-10)14-8-13(18)16(21-14)15(20)11-5-6-11/h2-4,7-8,11H,5-6,9,18H2,1H3. The van der Waals surface area contributed by atoms with Gasteiger partial charge in [0.2, 0.25) is 0 Å². The van der Waals surface area contributed by atoms with Gasteiger partial charge in [0, 0.05) is 24.0 Å². The number of nitrogens with two attached hydrogens (primary N) is 1. The maximum atomic E-state index is 12.2. The number of anilines is 2. The molecular weight excluding hydrogens is 348 g/mol. The molecular formula is C16H17BrN2OS. The lowest BCUT2D eigenvalue weighted by Gasteiger charge is -2.17. The Hall–Kier alpha value is -1.33. The van der Waals surface area contributed by atoms with Gasteiger partial charge in [-0.25, -0.2) is 0 Å². The third-order valence-corrected chi connectivity index (χ3v) is 5.38. The first-order chi connectivity index (χ1) is 10.0. The molecule has 0 amide bonds. The Balaban J connectivity index is 1.77. The number of hydrogen-bond acceptors (Lipinski definition) is 4. The zero-order valence-corrected chi connectivity index (χ0v) is 14.2. The van der Waals surface area contributed by atoms with E-state index >= 15 is 0 Å². The fourth-order valence-corrected chi connectivity index (χ4v) is 3.80. The van der Waals surface area contributed by atoms with Gasteiger partial charge in [0.25, 0.3) is 0 Å². The van der Waals surface area contributed by atoms with E-state index in [2.05, 4.69) is 33.0 Å². The Morgan fingerprint density at radius 1 is 1.43 bits per heavy atom. The number of carbonyl (C=O) groups is 1. The second kappa shape index (κ2) is 5.81. The molecule has 1 fully saturated rings. The van der Waals surface area contributed by atoms with E-state index in [0.29, 0.717) is 5.69 Å². The number of halogens is 1. The zero-order chi connectivity index (χ0) is 15.0. The molecule has 3 nitrogen and oxygen atoms in total. The highest BCUT2D eigenvalue weighted by Gasteiger charge is 2.32. The third kappa shape index (κ3) is 3.30. The van der Waals surface area contributed by atoms with Crippen LogP contribution >= 0.6 is 27.3 Å². The van der Waals surface area contributed by atoms with Crippen LogP contribution in [-0.2, 0) is 6.54 Å². The van der Waals surface area contributed by atoms with Crippen molar-refractivity contribution >= 4 is 43.7 Å². The maximum absolute atomic E-state index is 12.2. The minimum atomic E-state index is 0.217. The Morgan fingerprint density at radius 3 is 2.86 bits per heavy atom. The molecule has 1 saturated carbocycles. The monoisotopic (exact) mass is 364 g/mol. The summed E-state index contributed by atoms with van der Waals surface area (Å²) in [5.41, 5.74) is 7.85. The Kier molecular flexibility index (Phi) is 4.04. The average Bonchev–Trinajstić information content (AvgIpc) is 3.21. The number of carbonyl (C=O) groups excluding carboxylic acids is 1. The average molecular weight is 365 g/mol. The van der Waals surface area contributed by atoms with Crippen molar-refractivity contribution in [2.75, 3.05) is 17.7 Å². The summed E-state index contributed by atoms with van der Waals surface area (Å²) >= 11 is 4.99.